The lowest BCUT2D eigenvalue weighted by Crippen LogP contribution is -2.13. The van der Waals surface area contributed by atoms with Crippen molar-refractivity contribution in [3.63, 3.8) is 0 Å². The number of ether oxygens (including phenoxy) is 1. The van der Waals surface area contributed by atoms with Gasteiger partial charge < -0.3 is 4.74 Å². The Labute approximate surface area is 102 Å². The standard InChI is InChI=1S/C13H17ClO2/c1-4-10-6-7-12(16-5-2)11(8-10)13(15)9(3)14/h6-9H,4-5H2,1-3H3. The summed E-state index contributed by atoms with van der Waals surface area (Å²) in [5.41, 5.74) is 1.70. The number of hydrogen-bond donors (Lipinski definition) is 0. The summed E-state index contributed by atoms with van der Waals surface area (Å²) in [5, 5.41) is -0.522. The van der Waals surface area contributed by atoms with E-state index < -0.39 is 5.38 Å². The zero-order chi connectivity index (χ0) is 12.1. The lowest BCUT2D eigenvalue weighted by atomic mass is 10.0. The molecule has 0 amide bonds. The van der Waals surface area contributed by atoms with Gasteiger partial charge >= 0.3 is 0 Å². The number of rotatable bonds is 5. The topological polar surface area (TPSA) is 26.3 Å². The van der Waals surface area contributed by atoms with E-state index in [1.165, 1.54) is 0 Å². The van der Waals surface area contributed by atoms with Gasteiger partial charge in [-0.3, -0.25) is 4.79 Å². The van der Waals surface area contributed by atoms with Crippen molar-refractivity contribution in [1.82, 2.24) is 0 Å². The minimum Gasteiger partial charge on any atom is -0.493 e. The van der Waals surface area contributed by atoms with E-state index in [2.05, 4.69) is 0 Å². The molecule has 0 aliphatic rings. The number of benzene rings is 1. The molecule has 1 atom stereocenters. The summed E-state index contributed by atoms with van der Waals surface area (Å²) in [7, 11) is 0. The van der Waals surface area contributed by atoms with Crippen LogP contribution in [0.4, 0.5) is 0 Å². The van der Waals surface area contributed by atoms with Crippen LogP contribution in [0.15, 0.2) is 18.2 Å². The number of carbonyl (C=O) groups is 1. The highest BCUT2D eigenvalue weighted by Gasteiger charge is 2.17. The number of ketones is 1. The number of Topliss-reactive ketones (excluding diaryl/α,β-unsaturated/α-hetero) is 1. The first-order valence-electron chi connectivity index (χ1n) is 5.54. The fourth-order valence-corrected chi connectivity index (χ4v) is 1.60. The Morgan fingerprint density at radius 3 is 2.62 bits per heavy atom. The molecule has 0 saturated carbocycles. The Bertz CT molecular complexity index is 372. The fraction of sp³-hybridized carbons (Fsp3) is 0.462. The molecule has 1 rings (SSSR count). The molecule has 0 fully saturated rings. The molecule has 0 heterocycles. The van der Waals surface area contributed by atoms with E-state index in [1.54, 1.807) is 6.92 Å². The maximum absolute atomic E-state index is 11.9. The molecule has 0 radical (unpaired) electrons. The quantitative estimate of drug-likeness (QED) is 0.582. The van der Waals surface area contributed by atoms with E-state index in [1.807, 2.05) is 32.0 Å². The second kappa shape index (κ2) is 5.90. The number of carbonyl (C=O) groups excluding carboxylic acids is 1. The SMILES string of the molecule is CCOc1ccc(CC)cc1C(=O)C(C)Cl. The van der Waals surface area contributed by atoms with Crippen molar-refractivity contribution >= 4 is 17.4 Å². The monoisotopic (exact) mass is 240 g/mol. The van der Waals surface area contributed by atoms with Gasteiger partial charge in [0.2, 0.25) is 0 Å². The second-order valence-corrected chi connectivity index (χ2v) is 4.25. The number of alkyl halides is 1. The van der Waals surface area contributed by atoms with Gasteiger partial charge in [-0.15, -0.1) is 11.6 Å². The van der Waals surface area contributed by atoms with Crippen LogP contribution in [-0.2, 0) is 6.42 Å². The first-order valence-corrected chi connectivity index (χ1v) is 5.97. The molecule has 1 unspecified atom stereocenters. The van der Waals surface area contributed by atoms with Crippen molar-refractivity contribution in [2.45, 2.75) is 32.6 Å². The summed E-state index contributed by atoms with van der Waals surface area (Å²) in [5.74, 6) is 0.539. The molecule has 1 aromatic carbocycles. The molecular formula is C13H17ClO2. The van der Waals surface area contributed by atoms with Gasteiger partial charge in [0.15, 0.2) is 5.78 Å². The molecule has 0 bridgehead atoms. The molecule has 0 aliphatic carbocycles. The van der Waals surface area contributed by atoms with Crippen molar-refractivity contribution in [2.75, 3.05) is 6.61 Å². The zero-order valence-corrected chi connectivity index (χ0v) is 10.7. The molecule has 0 aromatic heterocycles. The Hall–Kier alpha value is -1.02. The third-order valence-electron chi connectivity index (χ3n) is 2.38. The molecule has 0 saturated heterocycles. The predicted molar refractivity (Wildman–Crippen MR) is 66.6 cm³/mol. The maximum Gasteiger partial charge on any atom is 0.184 e. The lowest BCUT2D eigenvalue weighted by molar-refractivity contribution is 0.0988. The summed E-state index contributed by atoms with van der Waals surface area (Å²) in [6.07, 6.45) is 0.892. The van der Waals surface area contributed by atoms with Crippen LogP contribution >= 0.6 is 11.6 Å². The highest BCUT2D eigenvalue weighted by molar-refractivity contribution is 6.33. The Balaban J connectivity index is 3.14. The Morgan fingerprint density at radius 1 is 1.44 bits per heavy atom. The molecule has 0 aliphatic heterocycles. The summed E-state index contributed by atoms with van der Waals surface area (Å²) >= 11 is 5.83. The van der Waals surface area contributed by atoms with Crippen LogP contribution in [0, 0.1) is 0 Å². The van der Waals surface area contributed by atoms with Gasteiger partial charge in [-0.25, -0.2) is 0 Å². The molecule has 16 heavy (non-hydrogen) atoms. The molecule has 0 N–H and O–H groups in total. The van der Waals surface area contributed by atoms with Crippen molar-refractivity contribution in [3.8, 4) is 5.75 Å². The molecule has 0 spiro atoms. The Morgan fingerprint density at radius 2 is 2.12 bits per heavy atom. The first-order chi connectivity index (χ1) is 7.60. The molecule has 1 aromatic rings. The fourth-order valence-electron chi connectivity index (χ4n) is 1.49. The van der Waals surface area contributed by atoms with Crippen LogP contribution in [0.2, 0.25) is 0 Å². The average molecular weight is 241 g/mol. The maximum atomic E-state index is 11.9. The Kier molecular flexibility index (Phi) is 4.81. The molecule has 2 nitrogen and oxygen atoms in total. The minimum atomic E-state index is -0.522. The summed E-state index contributed by atoms with van der Waals surface area (Å²) in [4.78, 5) is 11.9. The van der Waals surface area contributed by atoms with Gasteiger partial charge in [-0.1, -0.05) is 13.0 Å². The van der Waals surface area contributed by atoms with Gasteiger partial charge in [0.1, 0.15) is 5.75 Å². The van der Waals surface area contributed by atoms with Gasteiger partial charge in [0, 0.05) is 0 Å². The zero-order valence-electron chi connectivity index (χ0n) is 9.92. The van der Waals surface area contributed by atoms with E-state index in [4.69, 9.17) is 16.3 Å². The summed E-state index contributed by atoms with van der Waals surface area (Å²) < 4.78 is 5.43. The van der Waals surface area contributed by atoms with Crippen LogP contribution < -0.4 is 4.74 Å². The highest BCUT2D eigenvalue weighted by atomic mass is 35.5. The van der Waals surface area contributed by atoms with Gasteiger partial charge in [0.25, 0.3) is 0 Å². The van der Waals surface area contributed by atoms with Crippen LogP contribution in [0.3, 0.4) is 0 Å². The van der Waals surface area contributed by atoms with E-state index in [-0.39, 0.29) is 5.78 Å². The van der Waals surface area contributed by atoms with Gasteiger partial charge in [-0.05, 0) is 38.0 Å². The van der Waals surface area contributed by atoms with Crippen molar-refractivity contribution < 1.29 is 9.53 Å². The average Bonchev–Trinajstić information content (AvgIpc) is 2.29. The third kappa shape index (κ3) is 2.99. The van der Waals surface area contributed by atoms with Crippen molar-refractivity contribution in [2.24, 2.45) is 0 Å². The van der Waals surface area contributed by atoms with E-state index in [0.717, 1.165) is 12.0 Å². The smallest absolute Gasteiger partial charge is 0.184 e. The molecular weight excluding hydrogens is 224 g/mol. The third-order valence-corrected chi connectivity index (χ3v) is 2.58. The van der Waals surface area contributed by atoms with Gasteiger partial charge in [-0.2, -0.15) is 0 Å². The summed E-state index contributed by atoms with van der Waals surface area (Å²) in [6.45, 7) is 6.17. The molecule has 3 heteroatoms. The van der Waals surface area contributed by atoms with Crippen molar-refractivity contribution in [1.29, 1.82) is 0 Å². The minimum absolute atomic E-state index is 0.0829. The van der Waals surface area contributed by atoms with Crippen LogP contribution in [0.5, 0.6) is 5.75 Å². The predicted octanol–water partition coefficient (Wildman–Crippen LogP) is 3.46. The number of aryl methyl sites for hydroxylation is 1. The molecule has 88 valence electrons. The van der Waals surface area contributed by atoms with Crippen LogP contribution in [0.25, 0.3) is 0 Å². The van der Waals surface area contributed by atoms with E-state index in [9.17, 15) is 4.79 Å². The second-order valence-electron chi connectivity index (χ2n) is 3.60. The van der Waals surface area contributed by atoms with Crippen LogP contribution in [-0.4, -0.2) is 17.8 Å². The summed E-state index contributed by atoms with van der Waals surface area (Å²) in [6, 6.07) is 5.68. The number of halogens is 1. The lowest BCUT2D eigenvalue weighted by Gasteiger charge is -2.11. The van der Waals surface area contributed by atoms with E-state index in [0.29, 0.717) is 17.9 Å². The van der Waals surface area contributed by atoms with Crippen molar-refractivity contribution in [3.05, 3.63) is 29.3 Å². The van der Waals surface area contributed by atoms with Gasteiger partial charge in [0.05, 0.1) is 17.5 Å². The first kappa shape index (κ1) is 13.0. The largest absolute Gasteiger partial charge is 0.493 e. The normalized spacial score (nSPS) is 12.2. The number of hydrogen-bond acceptors (Lipinski definition) is 2. The van der Waals surface area contributed by atoms with E-state index >= 15 is 0 Å². The van der Waals surface area contributed by atoms with Crippen LogP contribution in [0.1, 0.15) is 36.7 Å². The highest BCUT2D eigenvalue weighted by Crippen LogP contribution is 2.23.